The Hall–Kier alpha value is -2.68. The van der Waals surface area contributed by atoms with Crippen molar-refractivity contribution in [2.75, 3.05) is 0 Å². The summed E-state index contributed by atoms with van der Waals surface area (Å²) in [5.41, 5.74) is 2.26. The number of nitro benzene ring substituents is 1. The maximum absolute atomic E-state index is 10.9. The van der Waals surface area contributed by atoms with Crippen LogP contribution in [0.2, 0.25) is 0 Å². The fourth-order valence-corrected chi connectivity index (χ4v) is 1.67. The average molecular weight is 242 g/mol. The van der Waals surface area contributed by atoms with Crippen molar-refractivity contribution in [2.24, 2.45) is 0 Å². The lowest BCUT2D eigenvalue weighted by Crippen LogP contribution is -1.99. The van der Waals surface area contributed by atoms with E-state index in [1.54, 1.807) is 17.0 Å². The number of aryl methyl sites for hydroxylation is 1. The number of rotatable bonds is 2. The van der Waals surface area contributed by atoms with E-state index in [9.17, 15) is 10.1 Å². The third-order valence-corrected chi connectivity index (χ3v) is 2.83. The van der Waals surface area contributed by atoms with Crippen molar-refractivity contribution >= 4 is 5.69 Å². The molecule has 1 aromatic carbocycles. The Morgan fingerprint density at radius 2 is 2.17 bits per heavy atom. The van der Waals surface area contributed by atoms with E-state index in [4.69, 9.17) is 5.26 Å². The van der Waals surface area contributed by atoms with Gasteiger partial charge in [0.2, 0.25) is 0 Å². The quantitative estimate of drug-likeness (QED) is 0.597. The molecular formula is C12H10N4O2. The minimum Gasteiger partial charge on any atom is -0.303 e. The zero-order chi connectivity index (χ0) is 13.3. The molecule has 0 N–H and O–H groups in total. The third kappa shape index (κ3) is 1.82. The van der Waals surface area contributed by atoms with Crippen molar-refractivity contribution in [3.05, 3.63) is 51.6 Å². The molecule has 90 valence electrons. The first kappa shape index (κ1) is 11.8. The molecule has 0 radical (unpaired) electrons. The van der Waals surface area contributed by atoms with Crippen LogP contribution >= 0.6 is 0 Å². The predicted molar refractivity (Wildman–Crippen MR) is 64.4 cm³/mol. The zero-order valence-corrected chi connectivity index (χ0v) is 9.91. The van der Waals surface area contributed by atoms with Gasteiger partial charge in [0, 0.05) is 11.8 Å². The van der Waals surface area contributed by atoms with Crippen molar-refractivity contribution in [2.45, 2.75) is 13.8 Å². The van der Waals surface area contributed by atoms with Gasteiger partial charge in [-0.3, -0.25) is 10.1 Å². The molecular weight excluding hydrogens is 232 g/mol. The molecule has 18 heavy (non-hydrogen) atoms. The molecule has 0 fully saturated rings. The molecule has 0 amide bonds. The van der Waals surface area contributed by atoms with Crippen LogP contribution in [0.4, 0.5) is 5.69 Å². The third-order valence-electron chi connectivity index (χ3n) is 2.83. The first-order chi connectivity index (χ1) is 8.54. The Morgan fingerprint density at radius 1 is 1.44 bits per heavy atom. The van der Waals surface area contributed by atoms with Gasteiger partial charge in [-0.2, -0.15) is 5.26 Å². The summed E-state index contributed by atoms with van der Waals surface area (Å²) in [6.07, 6.45) is 1.61. The minimum atomic E-state index is -0.554. The highest BCUT2D eigenvalue weighted by Crippen LogP contribution is 2.23. The van der Waals surface area contributed by atoms with Gasteiger partial charge in [0.25, 0.3) is 5.69 Å². The van der Waals surface area contributed by atoms with Gasteiger partial charge in [-0.1, -0.05) is 0 Å². The van der Waals surface area contributed by atoms with Crippen molar-refractivity contribution in [3.63, 3.8) is 0 Å². The Balaban J connectivity index is 2.61. The van der Waals surface area contributed by atoms with E-state index in [1.165, 1.54) is 12.1 Å². The number of nitriles is 1. The fourth-order valence-electron chi connectivity index (χ4n) is 1.67. The molecule has 0 bridgehead atoms. The summed E-state index contributed by atoms with van der Waals surface area (Å²) in [7, 11) is 0. The molecule has 0 aliphatic rings. The van der Waals surface area contributed by atoms with Gasteiger partial charge < -0.3 is 4.57 Å². The molecule has 0 aliphatic heterocycles. The molecule has 0 unspecified atom stereocenters. The highest BCUT2D eigenvalue weighted by Gasteiger charge is 2.15. The lowest BCUT2D eigenvalue weighted by atomic mass is 10.1. The predicted octanol–water partition coefficient (Wildman–Crippen LogP) is 2.27. The second-order valence-corrected chi connectivity index (χ2v) is 3.86. The van der Waals surface area contributed by atoms with Crippen molar-refractivity contribution in [1.29, 1.82) is 5.26 Å². The maximum Gasteiger partial charge on any atom is 0.289 e. The number of hydrogen-bond donors (Lipinski definition) is 0. The van der Waals surface area contributed by atoms with Crippen LogP contribution in [0.5, 0.6) is 0 Å². The van der Waals surface area contributed by atoms with Crippen molar-refractivity contribution in [1.82, 2.24) is 9.55 Å². The summed E-state index contributed by atoms with van der Waals surface area (Å²) < 4.78 is 1.75. The van der Waals surface area contributed by atoms with Crippen LogP contribution in [0, 0.1) is 35.3 Å². The van der Waals surface area contributed by atoms with Gasteiger partial charge >= 0.3 is 0 Å². The van der Waals surface area contributed by atoms with E-state index in [2.05, 4.69) is 4.98 Å². The van der Waals surface area contributed by atoms with E-state index in [0.29, 0.717) is 5.69 Å². The topological polar surface area (TPSA) is 84.8 Å². The largest absolute Gasteiger partial charge is 0.303 e. The summed E-state index contributed by atoms with van der Waals surface area (Å²) in [6, 6.07) is 6.30. The molecule has 0 aliphatic carbocycles. The number of aromatic nitrogens is 2. The van der Waals surface area contributed by atoms with Crippen LogP contribution < -0.4 is 0 Å². The molecule has 0 spiro atoms. The van der Waals surface area contributed by atoms with Gasteiger partial charge in [-0.25, -0.2) is 4.98 Å². The Bertz CT molecular complexity index is 667. The Labute approximate surface area is 103 Å². The summed E-state index contributed by atoms with van der Waals surface area (Å²) in [4.78, 5) is 14.5. The highest BCUT2D eigenvalue weighted by molar-refractivity contribution is 5.55. The second kappa shape index (κ2) is 4.30. The normalized spacial score (nSPS) is 10.1. The molecule has 2 rings (SSSR count). The van der Waals surface area contributed by atoms with E-state index >= 15 is 0 Å². The lowest BCUT2D eigenvalue weighted by molar-refractivity contribution is -0.385. The van der Waals surface area contributed by atoms with Gasteiger partial charge in [-0.15, -0.1) is 0 Å². The first-order valence-electron chi connectivity index (χ1n) is 5.24. The van der Waals surface area contributed by atoms with Crippen LogP contribution in [0.25, 0.3) is 5.69 Å². The molecule has 1 aromatic heterocycles. The number of imidazole rings is 1. The van der Waals surface area contributed by atoms with Crippen LogP contribution in [-0.4, -0.2) is 14.5 Å². The van der Waals surface area contributed by atoms with E-state index in [-0.39, 0.29) is 11.3 Å². The summed E-state index contributed by atoms with van der Waals surface area (Å²) in [6.45, 7) is 3.75. The van der Waals surface area contributed by atoms with Gasteiger partial charge in [0.05, 0.1) is 22.6 Å². The fraction of sp³-hybridized carbons (Fsp3) is 0.167. The summed E-state index contributed by atoms with van der Waals surface area (Å²) in [5, 5.41) is 19.7. The molecule has 0 atom stereocenters. The standard InChI is InChI=1S/C12H10N4O2/c1-8-9(2)15(7-14-8)11-4-3-10(6-13)12(5-11)16(17)18/h3-5,7H,1-2H3. The van der Waals surface area contributed by atoms with Crippen molar-refractivity contribution in [3.8, 4) is 11.8 Å². The highest BCUT2D eigenvalue weighted by atomic mass is 16.6. The molecule has 1 heterocycles. The van der Waals surface area contributed by atoms with Crippen LogP contribution in [0.3, 0.4) is 0 Å². The van der Waals surface area contributed by atoms with Gasteiger partial charge in [0.15, 0.2) is 0 Å². The Kier molecular flexibility index (Phi) is 2.81. The Morgan fingerprint density at radius 3 is 2.67 bits per heavy atom. The van der Waals surface area contributed by atoms with E-state index in [1.807, 2.05) is 19.9 Å². The van der Waals surface area contributed by atoms with E-state index in [0.717, 1.165) is 11.4 Å². The van der Waals surface area contributed by atoms with Crippen LogP contribution in [0.1, 0.15) is 17.0 Å². The van der Waals surface area contributed by atoms with Crippen LogP contribution in [0.15, 0.2) is 24.5 Å². The van der Waals surface area contributed by atoms with E-state index < -0.39 is 4.92 Å². The van der Waals surface area contributed by atoms with Crippen molar-refractivity contribution < 1.29 is 4.92 Å². The van der Waals surface area contributed by atoms with Crippen LogP contribution in [-0.2, 0) is 0 Å². The molecule has 0 saturated heterocycles. The monoisotopic (exact) mass is 242 g/mol. The molecule has 6 heteroatoms. The smallest absolute Gasteiger partial charge is 0.289 e. The van der Waals surface area contributed by atoms with Gasteiger partial charge in [-0.05, 0) is 26.0 Å². The maximum atomic E-state index is 10.9. The SMILES string of the molecule is Cc1ncn(-c2ccc(C#N)c([N+](=O)[O-])c2)c1C. The number of nitro groups is 1. The average Bonchev–Trinajstić information content (AvgIpc) is 2.69. The molecule has 6 nitrogen and oxygen atoms in total. The zero-order valence-electron chi connectivity index (χ0n) is 9.91. The number of nitrogens with zero attached hydrogens (tertiary/aromatic N) is 4. The second-order valence-electron chi connectivity index (χ2n) is 3.86. The molecule has 2 aromatic rings. The lowest BCUT2D eigenvalue weighted by Gasteiger charge is -2.05. The number of hydrogen-bond acceptors (Lipinski definition) is 4. The minimum absolute atomic E-state index is 0.0539. The van der Waals surface area contributed by atoms with Gasteiger partial charge in [0.1, 0.15) is 11.6 Å². The summed E-state index contributed by atoms with van der Waals surface area (Å²) >= 11 is 0. The number of benzene rings is 1. The molecule has 0 saturated carbocycles. The first-order valence-corrected chi connectivity index (χ1v) is 5.24. The summed E-state index contributed by atoms with van der Waals surface area (Å²) in [5.74, 6) is 0.